The summed E-state index contributed by atoms with van der Waals surface area (Å²) in [6, 6.07) is 28.0. The molecule has 1 aliphatic rings. The van der Waals surface area contributed by atoms with Gasteiger partial charge in [0.05, 0.1) is 11.5 Å². The van der Waals surface area contributed by atoms with E-state index < -0.39 is 0 Å². The van der Waals surface area contributed by atoms with Crippen LogP contribution < -0.4 is 4.74 Å². The largest absolute Gasteiger partial charge is 0.494 e. The number of benzene rings is 3. The van der Waals surface area contributed by atoms with Gasteiger partial charge in [-0.25, -0.2) is 0 Å². The van der Waals surface area contributed by atoms with Gasteiger partial charge in [0.1, 0.15) is 5.75 Å². The molecule has 0 radical (unpaired) electrons. The van der Waals surface area contributed by atoms with Gasteiger partial charge in [-0.2, -0.15) is 0 Å². The van der Waals surface area contributed by atoms with E-state index >= 15 is 0 Å². The quantitative estimate of drug-likeness (QED) is 0.348. The summed E-state index contributed by atoms with van der Waals surface area (Å²) in [5, 5.41) is -0.221. The molecule has 3 aromatic carbocycles. The van der Waals surface area contributed by atoms with Crippen molar-refractivity contribution in [3.05, 3.63) is 107 Å². The van der Waals surface area contributed by atoms with Crippen molar-refractivity contribution < 1.29 is 14.3 Å². The molecule has 0 bridgehead atoms. The Balaban J connectivity index is 1.43. The number of amides is 2. The number of ether oxygens (including phenoxy) is 1. The Kier molecular flexibility index (Phi) is 8.17. The number of carbonyl (C=O) groups excluding carboxylic acids is 2. The van der Waals surface area contributed by atoms with E-state index in [0.29, 0.717) is 24.6 Å². The summed E-state index contributed by atoms with van der Waals surface area (Å²) in [5.41, 5.74) is 3.26. The van der Waals surface area contributed by atoms with Crippen molar-refractivity contribution in [2.45, 2.75) is 20.0 Å². The van der Waals surface area contributed by atoms with Gasteiger partial charge >= 0.3 is 0 Å². The molecular formula is C28H28N2O3S. The fourth-order valence-electron chi connectivity index (χ4n) is 3.81. The molecule has 0 aliphatic carbocycles. The number of hydrogen-bond donors (Lipinski definition) is 0. The van der Waals surface area contributed by atoms with Crippen molar-refractivity contribution in [1.82, 2.24) is 9.80 Å². The first-order chi connectivity index (χ1) is 16.6. The van der Waals surface area contributed by atoms with Gasteiger partial charge in [-0.05, 0) is 53.6 Å². The Morgan fingerprint density at radius 3 is 2.00 bits per heavy atom. The number of thioether (sulfide) groups is 1. The predicted molar refractivity (Wildman–Crippen MR) is 137 cm³/mol. The molecule has 0 saturated carbocycles. The van der Waals surface area contributed by atoms with Crippen molar-refractivity contribution >= 4 is 29.0 Å². The number of nitrogens with zero attached hydrogens (tertiary/aromatic N) is 2. The van der Waals surface area contributed by atoms with E-state index in [2.05, 4.69) is 29.2 Å². The molecule has 1 fully saturated rings. The van der Waals surface area contributed by atoms with Gasteiger partial charge in [0.15, 0.2) is 0 Å². The fourth-order valence-corrected chi connectivity index (χ4v) is 4.67. The van der Waals surface area contributed by atoms with Crippen LogP contribution in [-0.4, -0.2) is 40.6 Å². The van der Waals surface area contributed by atoms with Crippen LogP contribution in [0.4, 0.5) is 4.79 Å². The lowest BCUT2D eigenvalue weighted by atomic mass is 10.1. The van der Waals surface area contributed by atoms with Crippen LogP contribution in [0.1, 0.15) is 23.6 Å². The van der Waals surface area contributed by atoms with Crippen molar-refractivity contribution in [3.63, 3.8) is 0 Å². The smallest absolute Gasteiger partial charge is 0.293 e. The summed E-state index contributed by atoms with van der Waals surface area (Å²) in [7, 11) is 0. The third-order valence-corrected chi connectivity index (χ3v) is 6.41. The van der Waals surface area contributed by atoms with Gasteiger partial charge in [0.2, 0.25) is 0 Å². The molecule has 4 rings (SSSR count). The average molecular weight is 473 g/mol. The molecule has 0 N–H and O–H groups in total. The number of carbonyl (C=O) groups is 2. The van der Waals surface area contributed by atoms with E-state index in [1.807, 2.05) is 67.6 Å². The SMILES string of the molecule is CCOc1ccc(/C=C2/SC(=O)N(CCN(Cc3ccccc3)Cc3ccccc3)C2=O)cc1. The molecule has 0 unspecified atom stereocenters. The lowest BCUT2D eigenvalue weighted by Crippen LogP contribution is -2.37. The Morgan fingerprint density at radius 2 is 1.44 bits per heavy atom. The second-order valence-electron chi connectivity index (χ2n) is 8.02. The third kappa shape index (κ3) is 6.37. The topological polar surface area (TPSA) is 49.9 Å². The first kappa shape index (κ1) is 23.8. The lowest BCUT2D eigenvalue weighted by Gasteiger charge is -2.24. The van der Waals surface area contributed by atoms with E-state index in [1.54, 1.807) is 6.08 Å². The van der Waals surface area contributed by atoms with Crippen LogP contribution in [0, 0.1) is 0 Å². The summed E-state index contributed by atoms with van der Waals surface area (Å²) in [6.45, 7) is 4.97. The second-order valence-corrected chi connectivity index (χ2v) is 9.01. The molecule has 34 heavy (non-hydrogen) atoms. The molecule has 0 atom stereocenters. The normalized spacial score (nSPS) is 14.9. The Bertz CT molecular complexity index is 1090. The number of rotatable bonds is 10. The zero-order chi connectivity index (χ0) is 23.8. The minimum absolute atomic E-state index is 0.221. The average Bonchev–Trinajstić information content (AvgIpc) is 3.12. The molecule has 6 heteroatoms. The maximum absolute atomic E-state index is 13.0. The summed E-state index contributed by atoms with van der Waals surface area (Å²) in [4.78, 5) is 29.7. The number of imide groups is 1. The van der Waals surface area contributed by atoms with Gasteiger partial charge in [-0.3, -0.25) is 19.4 Å². The van der Waals surface area contributed by atoms with Crippen LogP contribution in [0.25, 0.3) is 6.08 Å². The maximum atomic E-state index is 13.0. The van der Waals surface area contributed by atoms with Gasteiger partial charge in [-0.1, -0.05) is 72.8 Å². The van der Waals surface area contributed by atoms with Crippen LogP contribution >= 0.6 is 11.8 Å². The standard InChI is InChI=1S/C28H28N2O3S/c1-2-33-25-15-13-22(14-16-25)19-26-27(31)30(28(32)34-26)18-17-29(20-23-9-5-3-6-10-23)21-24-11-7-4-8-12-24/h3-16,19H,2,17-18,20-21H2,1H3/b26-19+. The summed E-state index contributed by atoms with van der Waals surface area (Å²) >= 11 is 0.999. The predicted octanol–water partition coefficient (Wildman–Crippen LogP) is 5.82. The Hall–Kier alpha value is -3.35. The third-order valence-electron chi connectivity index (χ3n) is 5.50. The van der Waals surface area contributed by atoms with Crippen molar-refractivity contribution in [1.29, 1.82) is 0 Å². The highest BCUT2D eigenvalue weighted by Gasteiger charge is 2.35. The highest BCUT2D eigenvalue weighted by Crippen LogP contribution is 2.32. The minimum atomic E-state index is -0.233. The van der Waals surface area contributed by atoms with Crippen molar-refractivity contribution in [2.24, 2.45) is 0 Å². The fraction of sp³-hybridized carbons (Fsp3) is 0.214. The molecule has 0 spiro atoms. The maximum Gasteiger partial charge on any atom is 0.293 e. The van der Waals surface area contributed by atoms with Crippen LogP contribution in [0.5, 0.6) is 5.75 Å². The molecule has 5 nitrogen and oxygen atoms in total. The van der Waals surface area contributed by atoms with Gasteiger partial charge in [0.25, 0.3) is 11.1 Å². The van der Waals surface area contributed by atoms with Crippen LogP contribution in [0.2, 0.25) is 0 Å². The monoisotopic (exact) mass is 472 g/mol. The summed E-state index contributed by atoms with van der Waals surface area (Å²) < 4.78 is 5.47. The Morgan fingerprint density at radius 1 is 0.853 bits per heavy atom. The zero-order valence-electron chi connectivity index (χ0n) is 19.2. The van der Waals surface area contributed by atoms with Gasteiger partial charge in [0, 0.05) is 26.2 Å². The van der Waals surface area contributed by atoms with E-state index in [1.165, 1.54) is 16.0 Å². The highest BCUT2D eigenvalue weighted by molar-refractivity contribution is 8.18. The van der Waals surface area contributed by atoms with E-state index in [-0.39, 0.29) is 11.1 Å². The molecule has 1 aliphatic heterocycles. The molecule has 1 heterocycles. The lowest BCUT2D eigenvalue weighted by molar-refractivity contribution is -0.122. The molecule has 2 amide bonds. The van der Waals surface area contributed by atoms with E-state index in [4.69, 9.17) is 4.74 Å². The van der Waals surface area contributed by atoms with Gasteiger partial charge < -0.3 is 4.74 Å². The van der Waals surface area contributed by atoms with Crippen molar-refractivity contribution in [3.8, 4) is 5.75 Å². The minimum Gasteiger partial charge on any atom is -0.494 e. The first-order valence-corrected chi connectivity index (χ1v) is 12.2. The summed E-state index contributed by atoms with van der Waals surface area (Å²) in [5.74, 6) is 0.549. The molecule has 174 valence electrons. The zero-order valence-corrected chi connectivity index (χ0v) is 20.0. The van der Waals surface area contributed by atoms with E-state index in [9.17, 15) is 9.59 Å². The Labute approximate surface area is 205 Å². The van der Waals surface area contributed by atoms with Gasteiger partial charge in [-0.15, -0.1) is 0 Å². The molecule has 1 saturated heterocycles. The van der Waals surface area contributed by atoms with Crippen LogP contribution in [-0.2, 0) is 17.9 Å². The first-order valence-electron chi connectivity index (χ1n) is 11.4. The van der Waals surface area contributed by atoms with Crippen LogP contribution in [0.3, 0.4) is 0 Å². The highest BCUT2D eigenvalue weighted by atomic mass is 32.2. The van der Waals surface area contributed by atoms with E-state index in [0.717, 1.165) is 36.2 Å². The molecule has 0 aromatic heterocycles. The second kappa shape index (κ2) is 11.7. The number of hydrogen-bond acceptors (Lipinski definition) is 5. The van der Waals surface area contributed by atoms with Crippen molar-refractivity contribution in [2.75, 3.05) is 19.7 Å². The molecular weight excluding hydrogens is 444 g/mol. The molecule has 3 aromatic rings. The summed E-state index contributed by atoms with van der Waals surface area (Å²) in [6.07, 6.45) is 1.77. The van der Waals surface area contributed by atoms with Crippen LogP contribution in [0.15, 0.2) is 89.8 Å².